The van der Waals surface area contributed by atoms with Gasteiger partial charge in [0.05, 0.1) is 0 Å². The second-order valence-corrected chi connectivity index (χ2v) is 3.67. The molecule has 1 nitrogen and oxygen atoms in total. The maximum Gasteiger partial charge on any atom is 0.106 e. The van der Waals surface area contributed by atoms with Crippen LogP contribution in [0.1, 0.15) is 5.56 Å². The van der Waals surface area contributed by atoms with Crippen molar-refractivity contribution in [1.29, 1.82) is 0 Å². The Morgan fingerprint density at radius 1 is 1.31 bits per heavy atom. The summed E-state index contributed by atoms with van der Waals surface area (Å²) >= 11 is 5.24. The Balaban J connectivity index is 2.40. The highest BCUT2D eigenvalue weighted by Gasteiger charge is 1.96. The summed E-state index contributed by atoms with van der Waals surface area (Å²) in [4.78, 5) is 0.759. The van der Waals surface area contributed by atoms with E-state index in [1.807, 2.05) is 42.5 Å². The van der Waals surface area contributed by atoms with Crippen LogP contribution in [0.15, 0.2) is 67.3 Å². The van der Waals surface area contributed by atoms with E-state index in [9.17, 15) is 0 Å². The lowest BCUT2D eigenvalue weighted by molar-refractivity contribution is 1.06. The van der Waals surface area contributed by atoms with Crippen molar-refractivity contribution in [2.45, 2.75) is 0 Å². The summed E-state index contributed by atoms with van der Waals surface area (Å²) in [6, 6.07) is 9.89. The normalized spacial score (nSPS) is 10.0. The molecule has 0 saturated carbocycles. The Bertz CT molecular complexity index is 404. The van der Waals surface area contributed by atoms with E-state index in [2.05, 4.69) is 18.5 Å². The van der Waals surface area contributed by atoms with Crippen LogP contribution >= 0.6 is 12.2 Å². The molecule has 82 valence electrons. The van der Waals surface area contributed by atoms with Gasteiger partial charge >= 0.3 is 0 Å². The maximum atomic E-state index is 5.24. The van der Waals surface area contributed by atoms with Crippen molar-refractivity contribution in [2.24, 2.45) is 0 Å². The molecule has 1 rings (SSSR count). The zero-order chi connectivity index (χ0) is 11.8. The first-order valence-corrected chi connectivity index (χ1v) is 5.46. The van der Waals surface area contributed by atoms with Crippen molar-refractivity contribution >= 4 is 17.2 Å². The number of benzene rings is 1. The van der Waals surface area contributed by atoms with E-state index in [4.69, 9.17) is 12.2 Å². The molecule has 0 radical (unpaired) electrons. The quantitative estimate of drug-likeness (QED) is 0.614. The minimum absolute atomic E-state index is 0.695. The molecule has 0 bridgehead atoms. The van der Waals surface area contributed by atoms with Crippen LogP contribution in [-0.4, -0.2) is 11.5 Å². The number of hydrogen-bond donors (Lipinski definition) is 1. The number of thiocarbonyl (C=S) groups is 1. The molecule has 0 heterocycles. The summed E-state index contributed by atoms with van der Waals surface area (Å²) in [5.74, 6) is 0. The molecule has 0 atom stereocenters. The van der Waals surface area contributed by atoms with E-state index < -0.39 is 0 Å². The second kappa shape index (κ2) is 6.75. The fraction of sp³-hybridized carbons (Fsp3) is 0.0714. The van der Waals surface area contributed by atoms with Gasteiger partial charge in [-0.2, -0.15) is 0 Å². The molecule has 1 aromatic carbocycles. The van der Waals surface area contributed by atoms with Crippen LogP contribution in [0, 0.1) is 0 Å². The van der Waals surface area contributed by atoms with Crippen LogP contribution in [0.5, 0.6) is 0 Å². The molecule has 0 spiro atoms. The fourth-order valence-electron chi connectivity index (χ4n) is 1.12. The van der Waals surface area contributed by atoms with Crippen LogP contribution in [0.25, 0.3) is 0 Å². The van der Waals surface area contributed by atoms with Crippen molar-refractivity contribution in [3.8, 4) is 0 Å². The summed E-state index contributed by atoms with van der Waals surface area (Å²) in [6.07, 6.45) is 5.60. The van der Waals surface area contributed by atoms with Crippen LogP contribution in [-0.2, 0) is 0 Å². The lowest BCUT2D eigenvalue weighted by Gasteiger charge is -2.04. The lowest BCUT2D eigenvalue weighted by atomic mass is 10.2. The highest BCUT2D eigenvalue weighted by atomic mass is 32.1. The molecular formula is C14H15NS. The third-order valence-corrected chi connectivity index (χ3v) is 2.39. The van der Waals surface area contributed by atoms with Gasteiger partial charge in [0.15, 0.2) is 0 Å². The van der Waals surface area contributed by atoms with Gasteiger partial charge in [-0.15, -0.1) is 0 Å². The standard InChI is InChI=1S/C14H15NS/c1-3-12(2)8-7-11-15-14(16)13-9-5-4-6-10-13/h3-10H,1-2,11H2,(H,15,16)/b8-7-. The summed E-state index contributed by atoms with van der Waals surface area (Å²) in [6.45, 7) is 8.10. The van der Waals surface area contributed by atoms with E-state index >= 15 is 0 Å². The molecule has 0 fully saturated rings. The molecule has 0 aliphatic rings. The van der Waals surface area contributed by atoms with Gasteiger partial charge in [-0.05, 0) is 5.57 Å². The monoisotopic (exact) mass is 229 g/mol. The van der Waals surface area contributed by atoms with Crippen molar-refractivity contribution in [3.05, 3.63) is 72.9 Å². The Hall–Kier alpha value is -1.67. The molecule has 16 heavy (non-hydrogen) atoms. The zero-order valence-corrected chi connectivity index (χ0v) is 9.96. The first kappa shape index (κ1) is 12.4. The fourth-order valence-corrected chi connectivity index (χ4v) is 1.34. The van der Waals surface area contributed by atoms with Gasteiger partial charge in [0.2, 0.25) is 0 Å². The lowest BCUT2D eigenvalue weighted by Crippen LogP contribution is -2.21. The summed E-state index contributed by atoms with van der Waals surface area (Å²) in [7, 11) is 0. The largest absolute Gasteiger partial charge is 0.372 e. The van der Waals surface area contributed by atoms with Gasteiger partial charge in [-0.3, -0.25) is 0 Å². The Kier molecular flexibility index (Phi) is 5.23. The first-order chi connectivity index (χ1) is 7.74. The van der Waals surface area contributed by atoms with Crippen molar-refractivity contribution in [2.75, 3.05) is 6.54 Å². The molecule has 0 unspecified atom stereocenters. The molecule has 0 aromatic heterocycles. The molecule has 0 saturated heterocycles. The summed E-state index contributed by atoms with van der Waals surface area (Å²) in [5, 5.41) is 3.15. The number of nitrogens with one attached hydrogen (secondary N) is 1. The summed E-state index contributed by atoms with van der Waals surface area (Å²) in [5.41, 5.74) is 1.93. The van der Waals surface area contributed by atoms with Crippen molar-refractivity contribution in [1.82, 2.24) is 5.32 Å². The van der Waals surface area contributed by atoms with Gasteiger partial charge in [-0.25, -0.2) is 0 Å². The molecule has 1 N–H and O–H groups in total. The average Bonchev–Trinajstić information content (AvgIpc) is 2.35. The third kappa shape index (κ3) is 4.24. The molecular weight excluding hydrogens is 214 g/mol. The van der Waals surface area contributed by atoms with Crippen LogP contribution in [0.3, 0.4) is 0 Å². The highest BCUT2D eigenvalue weighted by molar-refractivity contribution is 7.80. The topological polar surface area (TPSA) is 12.0 Å². The SMILES string of the molecule is C=CC(=C)/C=C\CNC(=S)c1ccccc1. The van der Waals surface area contributed by atoms with Crippen LogP contribution in [0.2, 0.25) is 0 Å². The molecule has 1 aromatic rings. The molecule has 0 aliphatic heterocycles. The average molecular weight is 229 g/mol. The number of hydrogen-bond acceptors (Lipinski definition) is 1. The van der Waals surface area contributed by atoms with Gasteiger partial charge < -0.3 is 5.32 Å². The van der Waals surface area contributed by atoms with Crippen molar-refractivity contribution < 1.29 is 0 Å². The van der Waals surface area contributed by atoms with Crippen molar-refractivity contribution in [3.63, 3.8) is 0 Å². The first-order valence-electron chi connectivity index (χ1n) is 5.05. The van der Waals surface area contributed by atoms with Gasteiger partial charge in [-0.1, -0.05) is 73.9 Å². The Morgan fingerprint density at radius 2 is 2.00 bits per heavy atom. The van der Waals surface area contributed by atoms with Gasteiger partial charge in [0.25, 0.3) is 0 Å². The molecule has 0 aliphatic carbocycles. The number of rotatable bonds is 5. The zero-order valence-electron chi connectivity index (χ0n) is 9.15. The van der Waals surface area contributed by atoms with E-state index in [0.717, 1.165) is 16.1 Å². The minimum atomic E-state index is 0.695. The van der Waals surface area contributed by atoms with Gasteiger partial charge in [0.1, 0.15) is 4.99 Å². The maximum absolute atomic E-state index is 5.24. The minimum Gasteiger partial charge on any atom is -0.372 e. The Morgan fingerprint density at radius 3 is 2.62 bits per heavy atom. The second-order valence-electron chi connectivity index (χ2n) is 3.26. The summed E-state index contributed by atoms with van der Waals surface area (Å²) < 4.78 is 0. The van der Waals surface area contributed by atoms with E-state index in [1.165, 1.54) is 0 Å². The smallest absolute Gasteiger partial charge is 0.106 e. The molecule has 2 heteroatoms. The van der Waals surface area contributed by atoms with Crippen LogP contribution < -0.4 is 5.32 Å². The van der Waals surface area contributed by atoms with Crippen LogP contribution in [0.4, 0.5) is 0 Å². The predicted molar refractivity (Wildman–Crippen MR) is 74.6 cm³/mol. The third-order valence-electron chi connectivity index (χ3n) is 2.01. The Labute approximate surface area is 102 Å². The van der Waals surface area contributed by atoms with Gasteiger partial charge in [0, 0.05) is 12.1 Å². The van der Waals surface area contributed by atoms with E-state index in [1.54, 1.807) is 6.08 Å². The van der Waals surface area contributed by atoms with E-state index in [0.29, 0.717) is 6.54 Å². The van der Waals surface area contributed by atoms with E-state index in [-0.39, 0.29) is 0 Å². The highest BCUT2D eigenvalue weighted by Crippen LogP contribution is 1.99. The molecule has 0 amide bonds. The predicted octanol–water partition coefficient (Wildman–Crippen LogP) is 3.25. The number of allylic oxidation sites excluding steroid dienone is 3.